The lowest BCUT2D eigenvalue weighted by Crippen LogP contribution is -2.31. The number of carbonyl (C=O) groups excluding carboxylic acids is 1. The summed E-state index contributed by atoms with van der Waals surface area (Å²) >= 11 is 1.31. The minimum atomic E-state index is -3.43. The van der Waals surface area contributed by atoms with Crippen molar-refractivity contribution in [1.29, 1.82) is 0 Å². The maximum Gasteiger partial charge on any atom is 0.263 e. The fourth-order valence-corrected chi connectivity index (χ4v) is 3.40. The lowest BCUT2D eigenvalue weighted by atomic mass is 10.3. The van der Waals surface area contributed by atoms with E-state index in [0.29, 0.717) is 16.3 Å². The van der Waals surface area contributed by atoms with Crippen molar-refractivity contribution in [3.05, 3.63) is 16.9 Å². The Morgan fingerprint density at radius 3 is 2.42 bits per heavy atom. The van der Waals surface area contributed by atoms with E-state index in [-0.39, 0.29) is 6.54 Å². The molecule has 0 N–H and O–H groups in total. The van der Waals surface area contributed by atoms with Gasteiger partial charge in [0.2, 0.25) is 10.0 Å². The van der Waals surface area contributed by atoms with Crippen LogP contribution in [0, 0.1) is 0 Å². The minimum Gasteiger partial charge on any atom is -0.493 e. The Bertz CT molecular complexity index is 943. The van der Waals surface area contributed by atoms with E-state index in [1.165, 1.54) is 18.4 Å². The number of aryl methyl sites for hydroxylation is 1. The average molecular weight is 373 g/mol. The van der Waals surface area contributed by atoms with Gasteiger partial charge in [0.05, 0.1) is 37.2 Å². The summed E-state index contributed by atoms with van der Waals surface area (Å²) < 4.78 is 36.9. The van der Waals surface area contributed by atoms with Crippen LogP contribution in [0.3, 0.4) is 0 Å². The number of rotatable bonds is 5. The van der Waals surface area contributed by atoms with Crippen LogP contribution in [-0.2, 0) is 21.9 Å². The highest BCUT2D eigenvalue weighted by Crippen LogP contribution is 2.32. The maximum atomic E-state index is 12.0. The van der Waals surface area contributed by atoms with Gasteiger partial charge in [0.1, 0.15) is 0 Å². The van der Waals surface area contributed by atoms with Crippen LogP contribution in [0.25, 0.3) is 10.2 Å². The van der Waals surface area contributed by atoms with Gasteiger partial charge < -0.3 is 14.0 Å². The molecule has 0 bridgehead atoms. The minimum absolute atomic E-state index is 0.306. The van der Waals surface area contributed by atoms with Gasteiger partial charge in [-0.3, -0.25) is 4.79 Å². The third-order valence-corrected chi connectivity index (χ3v) is 5.82. The van der Waals surface area contributed by atoms with Crippen molar-refractivity contribution in [3.63, 3.8) is 0 Å². The van der Waals surface area contributed by atoms with E-state index in [1.807, 2.05) is 6.07 Å². The molecule has 0 atom stereocenters. The molecule has 24 heavy (non-hydrogen) atoms. The van der Waals surface area contributed by atoms with Gasteiger partial charge in [-0.05, 0) is 0 Å². The topological polar surface area (TPSA) is 90.2 Å². The molecule has 0 saturated heterocycles. The van der Waals surface area contributed by atoms with E-state index in [9.17, 15) is 13.2 Å². The first-order valence-electron chi connectivity index (χ1n) is 6.87. The van der Waals surface area contributed by atoms with Crippen molar-refractivity contribution in [3.8, 4) is 11.5 Å². The molecule has 10 heteroatoms. The van der Waals surface area contributed by atoms with Gasteiger partial charge in [0, 0.05) is 26.2 Å². The van der Waals surface area contributed by atoms with Crippen LogP contribution in [0.4, 0.5) is 0 Å². The number of thiazole rings is 1. The highest BCUT2D eigenvalue weighted by molar-refractivity contribution is 7.88. The number of sulfonamides is 1. The van der Waals surface area contributed by atoms with Crippen LogP contribution >= 0.6 is 11.3 Å². The number of carbonyl (C=O) groups is 1. The molecule has 0 spiro atoms. The van der Waals surface area contributed by atoms with Gasteiger partial charge in [-0.2, -0.15) is 9.30 Å². The smallest absolute Gasteiger partial charge is 0.263 e. The Morgan fingerprint density at radius 2 is 1.88 bits per heavy atom. The Labute approximate surface area is 144 Å². The lowest BCUT2D eigenvalue weighted by molar-refractivity contribution is -0.118. The van der Waals surface area contributed by atoms with E-state index >= 15 is 0 Å². The number of fused-ring (bicyclic) bond motifs is 1. The molecule has 0 aliphatic heterocycles. The molecule has 0 radical (unpaired) electrons. The normalized spacial score (nSPS) is 12.8. The molecule has 132 valence electrons. The molecule has 1 heterocycles. The van der Waals surface area contributed by atoms with Crippen molar-refractivity contribution >= 4 is 37.5 Å². The highest BCUT2D eigenvalue weighted by Gasteiger charge is 2.15. The second kappa shape index (κ2) is 6.91. The summed E-state index contributed by atoms with van der Waals surface area (Å²) in [5.74, 6) is 0.624. The summed E-state index contributed by atoms with van der Waals surface area (Å²) in [5.41, 5.74) is 0.834. The zero-order valence-electron chi connectivity index (χ0n) is 14.1. The van der Waals surface area contributed by atoms with Crippen LogP contribution < -0.4 is 14.3 Å². The van der Waals surface area contributed by atoms with E-state index in [1.54, 1.807) is 31.9 Å². The van der Waals surface area contributed by atoms with E-state index < -0.39 is 15.9 Å². The number of hydrogen-bond donors (Lipinski definition) is 0. The summed E-state index contributed by atoms with van der Waals surface area (Å²) in [7, 11) is 2.78. The Kier molecular flexibility index (Phi) is 5.31. The van der Waals surface area contributed by atoms with Crippen LogP contribution in [0.2, 0.25) is 0 Å². The molecule has 2 aromatic rings. The molecule has 1 aromatic carbocycles. The van der Waals surface area contributed by atoms with Gasteiger partial charge in [0.25, 0.3) is 5.91 Å². The molecular weight excluding hydrogens is 354 g/mol. The van der Waals surface area contributed by atoms with E-state index in [0.717, 1.165) is 20.8 Å². The summed E-state index contributed by atoms with van der Waals surface area (Å²) in [4.78, 5) is 16.5. The number of likely N-dealkylation sites (N-methyl/N-ethyl adjacent to an activating group) is 1. The highest BCUT2D eigenvalue weighted by atomic mass is 32.2. The first-order chi connectivity index (χ1) is 11.2. The van der Waals surface area contributed by atoms with Gasteiger partial charge >= 0.3 is 0 Å². The van der Waals surface area contributed by atoms with Crippen molar-refractivity contribution in [2.24, 2.45) is 12.0 Å². The molecule has 2 rings (SSSR count). The Balaban J connectivity index is 2.46. The summed E-state index contributed by atoms with van der Waals surface area (Å²) in [5, 5.41) is 0. The molecule has 0 unspecified atom stereocenters. The number of ether oxygens (including phenoxy) is 2. The van der Waals surface area contributed by atoms with E-state index in [4.69, 9.17) is 9.47 Å². The number of aromatic nitrogens is 1. The molecule has 0 saturated carbocycles. The predicted octanol–water partition coefficient (Wildman–Crippen LogP) is 0.576. The van der Waals surface area contributed by atoms with Crippen molar-refractivity contribution < 1.29 is 22.7 Å². The van der Waals surface area contributed by atoms with Gasteiger partial charge in [-0.1, -0.05) is 11.3 Å². The average Bonchev–Trinajstić information content (AvgIpc) is 2.80. The van der Waals surface area contributed by atoms with Gasteiger partial charge in [-0.15, -0.1) is 0 Å². The quantitative estimate of drug-likeness (QED) is 0.765. The fourth-order valence-electron chi connectivity index (χ4n) is 2.01. The van der Waals surface area contributed by atoms with Crippen LogP contribution in [-0.4, -0.2) is 57.3 Å². The summed E-state index contributed by atoms with van der Waals surface area (Å²) in [6.07, 6.45) is 1.04. The molecule has 8 nitrogen and oxygen atoms in total. The van der Waals surface area contributed by atoms with Crippen LogP contribution in [0.15, 0.2) is 17.1 Å². The van der Waals surface area contributed by atoms with Crippen molar-refractivity contribution in [2.75, 3.05) is 34.1 Å². The lowest BCUT2D eigenvalue weighted by Gasteiger charge is -2.10. The summed E-state index contributed by atoms with van der Waals surface area (Å²) in [6, 6.07) is 3.61. The second-order valence-corrected chi connectivity index (χ2v) is 8.24. The largest absolute Gasteiger partial charge is 0.493 e. The number of hydrogen-bond acceptors (Lipinski definition) is 6. The van der Waals surface area contributed by atoms with Gasteiger partial charge in [-0.25, -0.2) is 8.42 Å². The van der Waals surface area contributed by atoms with Crippen LogP contribution in [0.5, 0.6) is 11.5 Å². The molecule has 1 aromatic heterocycles. The SMILES string of the molecule is COc1cc2sc(=NC(=O)CN(C)S(C)(=O)=O)n(C)c2cc1OC. The Morgan fingerprint density at radius 1 is 1.29 bits per heavy atom. The molecule has 0 aliphatic rings. The monoisotopic (exact) mass is 373 g/mol. The molecular formula is C14H19N3O5S2. The van der Waals surface area contributed by atoms with Crippen molar-refractivity contribution in [2.45, 2.75) is 0 Å². The summed E-state index contributed by atoms with van der Waals surface area (Å²) in [6.45, 7) is -0.306. The maximum absolute atomic E-state index is 12.0. The van der Waals surface area contributed by atoms with Gasteiger partial charge in [0.15, 0.2) is 16.3 Å². The zero-order chi connectivity index (χ0) is 18.1. The number of amides is 1. The van der Waals surface area contributed by atoms with Crippen LogP contribution in [0.1, 0.15) is 0 Å². The number of nitrogens with zero attached hydrogens (tertiary/aromatic N) is 3. The first kappa shape index (κ1) is 18.4. The first-order valence-corrected chi connectivity index (χ1v) is 9.54. The number of methoxy groups -OCH3 is 2. The molecule has 0 fully saturated rings. The van der Waals surface area contributed by atoms with E-state index in [2.05, 4.69) is 4.99 Å². The molecule has 1 amide bonds. The number of benzene rings is 1. The third-order valence-electron chi connectivity index (χ3n) is 3.46. The Hall–Kier alpha value is -1.91. The predicted molar refractivity (Wildman–Crippen MR) is 91.9 cm³/mol. The standard InChI is InChI=1S/C14H19N3O5S2/c1-16(24(5,19)20)8-13(18)15-14-17(2)9-6-10(21-3)11(22-4)7-12(9)23-14/h6-7H,8H2,1-5H3. The zero-order valence-corrected chi connectivity index (χ0v) is 15.7. The third kappa shape index (κ3) is 3.77. The fraction of sp³-hybridized carbons (Fsp3) is 0.429. The molecule has 0 aliphatic carbocycles. The van der Waals surface area contributed by atoms with Crippen molar-refractivity contribution in [1.82, 2.24) is 8.87 Å². The second-order valence-electron chi connectivity index (χ2n) is 5.14.